The maximum absolute atomic E-state index is 12.2. The van der Waals surface area contributed by atoms with Crippen LogP contribution in [0.1, 0.15) is 53.9 Å². The van der Waals surface area contributed by atoms with Crippen LogP contribution < -0.4 is 5.32 Å². The zero-order valence-corrected chi connectivity index (χ0v) is 14.2. The Hall–Kier alpha value is -0.610. The highest BCUT2D eigenvalue weighted by Crippen LogP contribution is 2.27. The molecule has 1 aliphatic carbocycles. The van der Waals surface area contributed by atoms with Crippen molar-refractivity contribution in [1.29, 1.82) is 0 Å². The van der Waals surface area contributed by atoms with Crippen LogP contribution in [0.15, 0.2) is 0 Å². The molecule has 1 rings (SSSR count). The van der Waals surface area contributed by atoms with E-state index >= 15 is 0 Å². The Bertz CT molecular complexity index is 328. The average Bonchev–Trinajstić information content (AvgIpc) is 3.18. The van der Waals surface area contributed by atoms with E-state index < -0.39 is 5.54 Å². The third-order valence-corrected chi connectivity index (χ3v) is 4.74. The van der Waals surface area contributed by atoms with Crippen LogP contribution in [0.5, 0.6) is 0 Å². The SMILES string of the molecule is COC(=O)C(C)(CC(C)N(C)C(C)C(C)C)NC1CC1. The largest absolute Gasteiger partial charge is 0.468 e. The lowest BCUT2D eigenvalue weighted by Gasteiger charge is -2.38. The van der Waals surface area contributed by atoms with Crippen LogP contribution in [-0.2, 0) is 9.53 Å². The zero-order valence-electron chi connectivity index (χ0n) is 14.2. The summed E-state index contributed by atoms with van der Waals surface area (Å²) in [7, 11) is 3.62. The fourth-order valence-electron chi connectivity index (χ4n) is 2.71. The topological polar surface area (TPSA) is 41.6 Å². The molecule has 0 saturated heterocycles. The molecular weight excluding hydrogens is 252 g/mol. The molecule has 3 unspecified atom stereocenters. The van der Waals surface area contributed by atoms with Gasteiger partial charge >= 0.3 is 5.97 Å². The van der Waals surface area contributed by atoms with E-state index in [4.69, 9.17) is 4.74 Å². The maximum Gasteiger partial charge on any atom is 0.325 e. The van der Waals surface area contributed by atoms with Crippen molar-refractivity contribution in [2.75, 3.05) is 14.2 Å². The monoisotopic (exact) mass is 284 g/mol. The van der Waals surface area contributed by atoms with Gasteiger partial charge in [0.15, 0.2) is 0 Å². The molecule has 0 aromatic heterocycles. The predicted octanol–water partition coefficient (Wildman–Crippen LogP) is 2.42. The van der Waals surface area contributed by atoms with Crippen LogP contribution in [0.25, 0.3) is 0 Å². The molecule has 0 aromatic rings. The number of rotatable bonds is 8. The smallest absolute Gasteiger partial charge is 0.325 e. The first kappa shape index (κ1) is 17.4. The van der Waals surface area contributed by atoms with Crippen molar-refractivity contribution in [1.82, 2.24) is 10.2 Å². The van der Waals surface area contributed by atoms with Gasteiger partial charge in [0, 0.05) is 18.1 Å². The van der Waals surface area contributed by atoms with E-state index in [-0.39, 0.29) is 5.97 Å². The minimum absolute atomic E-state index is 0.151. The first-order chi connectivity index (χ1) is 9.21. The third kappa shape index (κ3) is 4.45. The van der Waals surface area contributed by atoms with E-state index in [9.17, 15) is 4.79 Å². The summed E-state index contributed by atoms with van der Waals surface area (Å²) in [5.41, 5.74) is -0.583. The van der Waals surface area contributed by atoms with E-state index in [1.54, 1.807) is 0 Å². The van der Waals surface area contributed by atoms with Crippen molar-refractivity contribution in [3.63, 3.8) is 0 Å². The molecule has 4 nitrogen and oxygen atoms in total. The molecule has 1 N–H and O–H groups in total. The number of nitrogens with zero attached hydrogens (tertiary/aromatic N) is 1. The Morgan fingerprint density at radius 1 is 1.35 bits per heavy atom. The number of hydrogen-bond acceptors (Lipinski definition) is 4. The molecule has 0 amide bonds. The minimum Gasteiger partial charge on any atom is -0.468 e. The van der Waals surface area contributed by atoms with Gasteiger partial charge in [-0.25, -0.2) is 0 Å². The van der Waals surface area contributed by atoms with Gasteiger partial charge in [-0.15, -0.1) is 0 Å². The Balaban J connectivity index is 2.70. The molecule has 0 aromatic carbocycles. The van der Waals surface area contributed by atoms with Crippen molar-refractivity contribution >= 4 is 5.97 Å². The number of ether oxygens (including phenoxy) is 1. The van der Waals surface area contributed by atoms with Crippen molar-refractivity contribution in [3.8, 4) is 0 Å². The standard InChI is InChI=1S/C16H32N2O2/c1-11(2)13(4)18(6)12(3)10-16(5,15(19)20-7)17-14-8-9-14/h11-14,17H,8-10H2,1-7H3. The van der Waals surface area contributed by atoms with Gasteiger partial charge in [0.2, 0.25) is 0 Å². The van der Waals surface area contributed by atoms with Gasteiger partial charge < -0.3 is 9.64 Å². The van der Waals surface area contributed by atoms with Gasteiger partial charge in [0.25, 0.3) is 0 Å². The highest BCUT2D eigenvalue weighted by atomic mass is 16.5. The van der Waals surface area contributed by atoms with Gasteiger partial charge in [0.05, 0.1) is 7.11 Å². The van der Waals surface area contributed by atoms with E-state index in [0.717, 1.165) is 6.42 Å². The van der Waals surface area contributed by atoms with Gasteiger partial charge in [-0.1, -0.05) is 13.8 Å². The lowest BCUT2D eigenvalue weighted by Crippen LogP contribution is -2.55. The Morgan fingerprint density at radius 3 is 2.30 bits per heavy atom. The highest BCUT2D eigenvalue weighted by molar-refractivity contribution is 5.80. The first-order valence-electron chi connectivity index (χ1n) is 7.79. The summed E-state index contributed by atoms with van der Waals surface area (Å²) in [5.74, 6) is 0.449. The molecule has 1 saturated carbocycles. The van der Waals surface area contributed by atoms with Crippen molar-refractivity contribution in [2.24, 2.45) is 5.92 Å². The quantitative estimate of drug-likeness (QED) is 0.695. The lowest BCUT2D eigenvalue weighted by molar-refractivity contribution is -0.149. The third-order valence-electron chi connectivity index (χ3n) is 4.74. The molecule has 0 spiro atoms. The molecule has 118 valence electrons. The van der Waals surface area contributed by atoms with Crippen LogP contribution in [0, 0.1) is 5.92 Å². The molecular formula is C16H32N2O2. The van der Waals surface area contributed by atoms with Gasteiger partial charge in [-0.3, -0.25) is 10.1 Å². The van der Waals surface area contributed by atoms with Gasteiger partial charge in [0.1, 0.15) is 5.54 Å². The van der Waals surface area contributed by atoms with Crippen LogP contribution in [-0.4, -0.2) is 48.7 Å². The summed E-state index contributed by atoms with van der Waals surface area (Å²) in [6.07, 6.45) is 3.10. The molecule has 20 heavy (non-hydrogen) atoms. The number of methoxy groups -OCH3 is 1. The molecule has 0 radical (unpaired) electrons. The summed E-state index contributed by atoms with van der Waals surface area (Å²) in [6.45, 7) is 10.9. The van der Waals surface area contributed by atoms with E-state index in [2.05, 4.69) is 45.0 Å². The fraction of sp³-hybridized carbons (Fsp3) is 0.938. The number of esters is 1. The molecule has 3 atom stereocenters. The number of carbonyl (C=O) groups is 1. The predicted molar refractivity (Wildman–Crippen MR) is 82.7 cm³/mol. The summed E-state index contributed by atoms with van der Waals surface area (Å²) in [6, 6.07) is 1.30. The van der Waals surface area contributed by atoms with Crippen molar-refractivity contribution in [3.05, 3.63) is 0 Å². The molecule has 1 aliphatic rings. The summed E-state index contributed by atoms with van der Waals surface area (Å²) in [4.78, 5) is 14.5. The number of hydrogen-bond donors (Lipinski definition) is 1. The molecule has 0 aliphatic heterocycles. The van der Waals surface area contributed by atoms with Crippen LogP contribution in [0.2, 0.25) is 0 Å². The average molecular weight is 284 g/mol. The van der Waals surface area contributed by atoms with Crippen LogP contribution >= 0.6 is 0 Å². The fourth-order valence-corrected chi connectivity index (χ4v) is 2.71. The normalized spacial score (nSPS) is 21.6. The molecule has 0 heterocycles. The Kier molecular flexibility index (Phi) is 6.02. The minimum atomic E-state index is -0.583. The Morgan fingerprint density at radius 2 is 1.90 bits per heavy atom. The first-order valence-corrected chi connectivity index (χ1v) is 7.79. The van der Waals surface area contributed by atoms with Gasteiger partial charge in [-0.2, -0.15) is 0 Å². The Labute approximate surface area is 124 Å². The number of carbonyl (C=O) groups excluding carboxylic acids is 1. The second-order valence-electron chi connectivity index (χ2n) is 6.95. The summed E-state index contributed by atoms with van der Waals surface area (Å²) in [5, 5.41) is 3.47. The second kappa shape index (κ2) is 6.90. The zero-order chi connectivity index (χ0) is 15.5. The van der Waals surface area contributed by atoms with E-state index in [0.29, 0.717) is 24.0 Å². The van der Waals surface area contributed by atoms with Crippen molar-refractivity contribution < 1.29 is 9.53 Å². The van der Waals surface area contributed by atoms with Crippen LogP contribution in [0.4, 0.5) is 0 Å². The maximum atomic E-state index is 12.2. The molecule has 4 heteroatoms. The lowest BCUT2D eigenvalue weighted by atomic mass is 9.91. The van der Waals surface area contributed by atoms with Crippen LogP contribution in [0.3, 0.4) is 0 Å². The van der Waals surface area contributed by atoms with Gasteiger partial charge in [-0.05, 0) is 53.0 Å². The number of nitrogens with one attached hydrogen (secondary N) is 1. The summed E-state index contributed by atoms with van der Waals surface area (Å²) >= 11 is 0. The highest BCUT2D eigenvalue weighted by Gasteiger charge is 2.41. The van der Waals surface area contributed by atoms with Crippen molar-refractivity contribution in [2.45, 2.75) is 77.5 Å². The molecule has 0 bridgehead atoms. The molecule has 1 fully saturated rings. The summed E-state index contributed by atoms with van der Waals surface area (Å²) < 4.78 is 5.01. The van der Waals surface area contributed by atoms with E-state index in [1.165, 1.54) is 20.0 Å². The van der Waals surface area contributed by atoms with E-state index in [1.807, 2.05) is 6.92 Å². The second-order valence-corrected chi connectivity index (χ2v) is 6.95.